The molecule has 188 valence electrons. The van der Waals surface area contributed by atoms with Crippen LogP contribution < -0.4 is 23.7 Å². The lowest BCUT2D eigenvalue weighted by Gasteiger charge is -2.14. The normalized spacial score (nSPS) is 11.5. The van der Waals surface area contributed by atoms with Crippen molar-refractivity contribution >= 4 is 31.4 Å². The Morgan fingerprint density at radius 1 is 0.571 bits per heavy atom. The summed E-state index contributed by atoms with van der Waals surface area (Å²) < 4.78 is 72.4. The summed E-state index contributed by atoms with van der Waals surface area (Å²) in [5, 5.41) is 0. The molecule has 3 aromatic carbocycles. The highest BCUT2D eigenvalue weighted by Crippen LogP contribution is 2.31. The zero-order valence-corrected chi connectivity index (χ0v) is 21.3. The van der Waals surface area contributed by atoms with Crippen LogP contribution in [0.3, 0.4) is 0 Å². The first kappa shape index (κ1) is 26.2. The predicted molar refractivity (Wildman–Crippen MR) is 134 cm³/mol. The van der Waals surface area contributed by atoms with Crippen LogP contribution in [0.15, 0.2) is 76.5 Å². The molecule has 3 aromatic rings. The number of benzene rings is 3. The molecule has 0 fully saturated rings. The van der Waals surface area contributed by atoms with E-state index in [4.69, 9.17) is 14.2 Å². The van der Waals surface area contributed by atoms with Gasteiger partial charge in [-0.25, -0.2) is 16.8 Å². The fraction of sp³-hybridized carbons (Fsp3) is 0.250. The zero-order chi connectivity index (χ0) is 25.5. The second-order valence-corrected chi connectivity index (χ2v) is 10.5. The number of anilines is 2. The van der Waals surface area contributed by atoms with Crippen LogP contribution in [0.1, 0.15) is 20.8 Å². The lowest BCUT2D eigenvalue weighted by Crippen LogP contribution is -2.15. The Hall–Kier alpha value is -3.44. The maximum absolute atomic E-state index is 12.9. The number of hydrogen-bond acceptors (Lipinski definition) is 7. The van der Waals surface area contributed by atoms with Crippen molar-refractivity contribution in [2.24, 2.45) is 0 Å². The van der Waals surface area contributed by atoms with Gasteiger partial charge in [-0.15, -0.1) is 0 Å². The summed E-state index contributed by atoms with van der Waals surface area (Å²) in [7, 11) is -7.83. The average Bonchev–Trinajstić information content (AvgIpc) is 2.82. The molecule has 0 aliphatic heterocycles. The summed E-state index contributed by atoms with van der Waals surface area (Å²) >= 11 is 0. The van der Waals surface area contributed by atoms with E-state index in [2.05, 4.69) is 9.44 Å². The number of rotatable bonds is 12. The molecule has 0 aromatic heterocycles. The molecule has 0 saturated carbocycles. The molecule has 0 atom stereocenters. The summed E-state index contributed by atoms with van der Waals surface area (Å²) in [5.74, 6) is 1.40. The van der Waals surface area contributed by atoms with Crippen molar-refractivity contribution in [2.45, 2.75) is 30.6 Å². The molecule has 0 radical (unpaired) electrons. The lowest BCUT2D eigenvalue weighted by molar-refractivity contribution is 0.287. The number of nitrogens with one attached hydrogen (secondary N) is 2. The van der Waals surface area contributed by atoms with Crippen LogP contribution in [-0.2, 0) is 20.0 Å². The Morgan fingerprint density at radius 2 is 1.03 bits per heavy atom. The first-order chi connectivity index (χ1) is 16.7. The molecule has 2 N–H and O–H groups in total. The SMILES string of the molecule is CCOc1ccc(NS(=O)(=O)c2ccc(NS(=O)(=O)c3ccc(OCC)c(OCC)c3)cc2)cc1. The van der Waals surface area contributed by atoms with Gasteiger partial charge in [-0.2, -0.15) is 0 Å². The molecule has 0 aliphatic rings. The van der Waals surface area contributed by atoms with Gasteiger partial charge in [-0.3, -0.25) is 9.44 Å². The number of sulfonamides is 2. The molecular weight excluding hydrogens is 492 g/mol. The fourth-order valence-corrected chi connectivity index (χ4v) is 5.25. The molecule has 0 amide bonds. The topological polar surface area (TPSA) is 120 Å². The van der Waals surface area contributed by atoms with Gasteiger partial charge in [0.25, 0.3) is 20.0 Å². The molecule has 9 nitrogen and oxygen atoms in total. The molecule has 0 spiro atoms. The lowest BCUT2D eigenvalue weighted by atomic mass is 10.3. The Labute approximate surface area is 206 Å². The minimum absolute atomic E-state index is 0.0155. The van der Waals surface area contributed by atoms with Crippen LogP contribution in [0.4, 0.5) is 11.4 Å². The number of ether oxygens (including phenoxy) is 3. The van der Waals surface area contributed by atoms with Gasteiger partial charge < -0.3 is 14.2 Å². The molecule has 0 bridgehead atoms. The maximum Gasteiger partial charge on any atom is 0.262 e. The van der Waals surface area contributed by atoms with Crippen molar-refractivity contribution in [3.63, 3.8) is 0 Å². The zero-order valence-electron chi connectivity index (χ0n) is 19.6. The number of hydrogen-bond donors (Lipinski definition) is 2. The van der Waals surface area contributed by atoms with E-state index in [0.717, 1.165) is 0 Å². The molecule has 0 saturated heterocycles. The Balaban J connectivity index is 1.75. The highest BCUT2D eigenvalue weighted by Gasteiger charge is 2.19. The second kappa shape index (κ2) is 11.3. The third-order valence-corrected chi connectivity index (χ3v) is 7.44. The predicted octanol–water partition coefficient (Wildman–Crippen LogP) is 4.48. The molecule has 11 heteroatoms. The Bertz CT molecular complexity index is 1340. The van der Waals surface area contributed by atoms with E-state index in [0.29, 0.717) is 42.8 Å². The van der Waals surface area contributed by atoms with E-state index >= 15 is 0 Å². The van der Waals surface area contributed by atoms with E-state index in [-0.39, 0.29) is 15.5 Å². The van der Waals surface area contributed by atoms with Crippen LogP contribution in [0.5, 0.6) is 17.2 Å². The Kier molecular flexibility index (Phi) is 8.47. The van der Waals surface area contributed by atoms with Gasteiger partial charge in [-0.1, -0.05) is 0 Å². The average molecular weight is 521 g/mol. The monoisotopic (exact) mass is 520 g/mol. The van der Waals surface area contributed by atoms with E-state index in [1.54, 1.807) is 31.2 Å². The molecule has 0 heterocycles. The standard InChI is InChI=1S/C24H28N2O7S2/c1-4-31-20-11-7-18(8-12-20)25-34(27,28)21-13-9-19(10-14-21)26-35(29,30)22-15-16-23(32-5-2)24(17-22)33-6-3/h7-17,25-26H,4-6H2,1-3H3. The van der Waals surface area contributed by atoms with Crippen molar-refractivity contribution in [1.82, 2.24) is 0 Å². The smallest absolute Gasteiger partial charge is 0.262 e. The van der Waals surface area contributed by atoms with Gasteiger partial charge >= 0.3 is 0 Å². The minimum Gasteiger partial charge on any atom is -0.494 e. The molecular formula is C24H28N2O7S2. The first-order valence-corrected chi connectivity index (χ1v) is 13.9. The molecule has 0 unspecified atom stereocenters. The third-order valence-electron chi connectivity index (χ3n) is 4.66. The van der Waals surface area contributed by atoms with Crippen LogP contribution in [-0.4, -0.2) is 36.7 Å². The van der Waals surface area contributed by atoms with Crippen molar-refractivity contribution in [3.05, 3.63) is 66.7 Å². The van der Waals surface area contributed by atoms with Crippen LogP contribution in [0, 0.1) is 0 Å². The third kappa shape index (κ3) is 6.80. The van der Waals surface area contributed by atoms with Gasteiger partial charge in [-0.05, 0) is 81.4 Å². The highest BCUT2D eigenvalue weighted by atomic mass is 32.2. The van der Waals surface area contributed by atoms with Crippen molar-refractivity contribution < 1.29 is 31.0 Å². The van der Waals surface area contributed by atoms with E-state index < -0.39 is 20.0 Å². The van der Waals surface area contributed by atoms with Gasteiger partial charge in [0.1, 0.15) is 5.75 Å². The van der Waals surface area contributed by atoms with Gasteiger partial charge in [0.15, 0.2) is 11.5 Å². The van der Waals surface area contributed by atoms with Gasteiger partial charge in [0.2, 0.25) is 0 Å². The maximum atomic E-state index is 12.9. The molecule has 0 aliphatic carbocycles. The summed E-state index contributed by atoms with van der Waals surface area (Å²) in [4.78, 5) is -0.0349. The summed E-state index contributed by atoms with van der Waals surface area (Å²) in [5.41, 5.74) is 0.579. The van der Waals surface area contributed by atoms with E-state index in [1.165, 1.54) is 42.5 Å². The van der Waals surface area contributed by atoms with E-state index in [9.17, 15) is 16.8 Å². The molecule has 3 rings (SSSR count). The largest absolute Gasteiger partial charge is 0.494 e. The summed E-state index contributed by atoms with van der Waals surface area (Å²) in [6.07, 6.45) is 0. The minimum atomic E-state index is -3.95. The quantitative estimate of drug-likeness (QED) is 0.361. The fourth-order valence-electron chi connectivity index (χ4n) is 3.11. The van der Waals surface area contributed by atoms with E-state index in [1.807, 2.05) is 13.8 Å². The van der Waals surface area contributed by atoms with Gasteiger partial charge in [0.05, 0.1) is 29.6 Å². The highest BCUT2D eigenvalue weighted by molar-refractivity contribution is 7.93. The van der Waals surface area contributed by atoms with Crippen molar-refractivity contribution in [2.75, 3.05) is 29.3 Å². The summed E-state index contributed by atoms with van der Waals surface area (Å²) in [6.45, 7) is 6.73. The van der Waals surface area contributed by atoms with Crippen LogP contribution in [0.2, 0.25) is 0 Å². The molecule has 35 heavy (non-hydrogen) atoms. The van der Waals surface area contributed by atoms with Crippen LogP contribution in [0.25, 0.3) is 0 Å². The van der Waals surface area contributed by atoms with Crippen molar-refractivity contribution in [1.29, 1.82) is 0 Å². The van der Waals surface area contributed by atoms with Gasteiger partial charge in [0, 0.05) is 17.4 Å². The second-order valence-electron chi connectivity index (χ2n) is 7.17. The van der Waals surface area contributed by atoms with Crippen LogP contribution >= 0.6 is 0 Å². The summed E-state index contributed by atoms with van der Waals surface area (Å²) in [6, 6.07) is 16.2. The Morgan fingerprint density at radius 3 is 1.57 bits per heavy atom. The first-order valence-electron chi connectivity index (χ1n) is 11.0. The van der Waals surface area contributed by atoms with Crippen molar-refractivity contribution in [3.8, 4) is 17.2 Å².